The van der Waals surface area contributed by atoms with Crippen molar-refractivity contribution in [1.29, 1.82) is 0 Å². The van der Waals surface area contributed by atoms with Gasteiger partial charge in [0.15, 0.2) is 0 Å². The SMILES string of the molecule is Cc1cccc(F)c1Nc1ccc(C(=O)O)c(Cl)c1. The number of carboxylic acid groups (broad SMARTS) is 1. The van der Waals surface area contributed by atoms with E-state index in [0.29, 0.717) is 11.4 Å². The predicted molar refractivity (Wildman–Crippen MR) is 72.8 cm³/mol. The van der Waals surface area contributed by atoms with E-state index in [9.17, 15) is 9.18 Å². The van der Waals surface area contributed by atoms with Crippen molar-refractivity contribution < 1.29 is 14.3 Å². The first kappa shape index (κ1) is 13.4. The number of hydrogen-bond donors (Lipinski definition) is 2. The maximum Gasteiger partial charge on any atom is 0.337 e. The Kier molecular flexibility index (Phi) is 3.71. The molecule has 0 saturated carbocycles. The smallest absolute Gasteiger partial charge is 0.337 e. The van der Waals surface area contributed by atoms with E-state index >= 15 is 0 Å². The van der Waals surface area contributed by atoms with Crippen LogP contribution in [-0.4, -0.2) is 11.1 Å². The van der Waals surface area contributed by atoms with Crippen LogP contribution in [0.1, 0.15) is 15.9 Å². The number of anilines is 2. The third-order valence-corrected chi connectivity index (χ3v) is 3.00. The summed E-state index contributed by atoms with van der Waals surface area (Å²) in [5, 5.41) is 11.9. The average molecular weight is 280 g/mol. The third kappa shape index (κ3) is 2.85. The Hall–Kier alpha value is -2.07. The molecule has 98 valence electrons. The summed E-state index contributed by atoms with van der Waals surface area (Å²) in [4.78, 5) is 10.8. The van der Waals surface area contributed by atoms with Gasteiger partial charge < -0.3 is 10.4 Å². The molecule has 2 rings (SSSR count). The van der Waals surface area contributed by atoms with Gasteiger partial charge in [0.2, 0.25) is 0 Å². The summed E-state index contributed by atoms with van der Waals surface area (Å²) in [7, 11) is 0. The van der Waals surface area contributed by atoms with E-state index < -0.39 is 5.97 Å². The monoisotopic (exact) mass is 279 g/mol. The van der Waals surface area contributed by atoms with E-state index in [1.165, 1.54) is 18.2 Å². The molecule has 0 aliphatic rings. The molecule has 19 heavy (non-hydrogen) atoms. The van der Waals surface area contributed by atoms with Gasteiger partial charge in [0.05, 0.1) is 16.3 Å². The molecule has 0 aromatic heterocycles. The molecule has 5 heteroatoms. The van der Waals surface area contributed by atoms with E-state index in [1.54, 1.807) is 25.1 Å². The van der Waals surface area contributed by atoms with Crippen molar-refractivity contribution in [1.82, 2.24) is 0 Å². The van der Waals surface area contributed by atoms with Gasteiger partial charge in [0.1, 0.15) is 5.82 Å². The lowest BCUT2D eigenvalue weighted by Crippen LogP contribution is -2.00. The second kappa shape index (κ2) is 5.28. The molecular formula is C14H11ClFNO2. The molecule has 2 aromatic rings. The molecule has 0 atom stereocenters. The Morgan fingerprint density at radius 3 is 2.63 bits per heavy atom. The maximum atomic E-state index is 13.7. The van der Waals surface area contributed by atoms with Crippen LogP contribution in [0.25, 0.3) is 0 Å². The highest BCUT2D eigenvalue weighted by molar-refractivity contribution is 6.33. The molecule has 2 N–H and O–H groups in total. The lowest BCUT2D eigenvalue weighted by molar-refractivity contribution is 0.0697. The summed E-state index contributed by atoms with van der Waals surface area (Å²) in [6.45, 7) is 1.78. The minimum Gasteiger partial charge on any atom is -0.478 e. The number of carbonyl (C=O) groups is 1. The number of aryl methyl sites for hydroxylation is 1. The summed E-state index contributed by atoms with van der Waals surface area (Å²) in [6, 6.07) is 9.12. The number of para-hydroxylation sites is 1. The Morgan fingerprint density at radius 1 is 1.32 bits per heavy atom. The fraction of sp³-hybridized carbons (Fsp3) is 0.0714. The molecule has 0 radical (unpaired) electrons. The molecular weight excluding hydrogens is 269 g/mol. The molecule has 3 nitrogen and oxygen atoms in total. The lowest BCUT2D eigenvalue weighted by atomic mass is 10.1. The Bertz CT molecular complexity index is 623. The Balaban J connectivity index is 2.34. The summed E-state index contributed by atoms with van der Waals surface area (Å²) in [5.74, 6) is -1.47. The van der Waals surface area contributed by atoms with Crippen molar-refractivity contribution in [2.24, 2.45) is 0 Å². The minimum atomic E-state index is -1.10. The van der Waals surface area contributed by atoms with Gasteiger partial charge in [-0.3, -0.25) is 0 Å². The van der Waals surface area contributed by atoms with Crippen molar-refractivity contribution in [3.63, 3.8) is 0 Å². The van der Waals surface area contributed by atoms with E-state index in [1.807, 2.05) is 0 Å². The number of hydrogen-bond acceptors (Lipinski definition) is 2. The van der Waals surface area contributed by atoms with E-state index in [0.717, 1.165) is 5.56 Å². The molecule has 0 fully saturated rings. The van der Waals surface area contributed by atoms with E-state index in [-0.39, 0.29) is 16.4 Å². The second-order valence-corrected chi connectivity index (χ2v) is 4.46. The van der Waals surface area contributed by atoms with Gasteiger partial charge in [0, 0.05) is 5.69 Å². The summed E-state index contributed by atoms with van der Waals surface area (Å²) in [5.41, 5.74) is 1.64. The molecule has 0 spiro atoms. The topological polar surface area (TPSA) is 49.3 Å². The van der Waals surface area contributed by atoms with Crippen LogP contribution < -0.4 is 5.32 Å². The number of carboxylic acids is 1. The molecule has 0 aliphatic carbocycles. The first-order chi connectivity index (χ1) is 8.99. The number of rotatable bonds is 3. The fourth-order valence-corrected chi connectivity index (χ4v) is 1.96. The van der Waals surface area contributed by atoms with Crippen LogP contribution in [0.4, 0.5) is 15.8 Å². The lowest BCUT2D eigenvalue weighted by Gasteiger charge is -2.11. The third-order valence-electron chi connectivity index (χ3n) is 2.69. The Morgan fingerprint density at radius 2 is 2.05 bits per heavy atom. The minimum absolute atomic E-state index is 0.0115. The van der Waals surface area contributed by atoms with E-state index in [4.69, 9.17) is 16.7 Å². The molecule has 0 saturated heterocycles. The zero-order chi connectivity index (χ0) is 14.0. The second-order valence-electron chi connectivity index (χ2n) is 4.06. The normalized spacial score (nSPS) is 10.3. The molecule has 0 bridgehead atoms. The maximum absolute atomic E-state index is 13.7. The van der Waals surface area contributed by atoms with Crippen molar-refractivity contribution >= 4 is 28.9 Å². The molecule has 0 amide bonds. The van der Waals surface area contributed by atoms with Crippen LogP contribution in [0, 0.1) is 12.7 Å². The predicted octanol–water partition coefficient (Wildman–Crippen LogP) is 4.23. The van der Waals surface area contributed by atoms with Crippen LogP contribution in [0.3, 0.4) is 0 Å². The number of benzene rings is 2. The Labute approximate surface area is 114 Å². The molecule has 2 aromatic carbocycles. The standard InChI is InChI=1S/C14H11ClFNO2/c1-8-3-2-4-12(16)13(8)17-9-5-6-10(14(18)19)11(15)7-9/h2-7,17H,1H3,(H,18,19). The summed E-state index contributed by atoms with van der Waals surface area (Å²) in [6.07, 6.45) is 0. The zero-order valence-electron chi connectivity index (χ0n) is 10.1. The highest BCUT2D eigenvalue weighted by Crippen LogP contribution is 2.27. The van der Waals surface area contributed by atoms with Crippen molar-refractivity contribution in [2.45, 2.75) is 6.92 Å². The van der Waals surface area contributed by atoms with Gasteiger partial charge in [-0.15, -0.1) is 0 Å². The largest absolute Gasteiger partial charge is 0.478 e. The van der Waals surface area contributed by atoms with Crippen LogP contribution >= 0.6 is 11.6 Å². The van der Waals surface area contributed by atoms with Crippen LogP contribution in [0.5, 0.6) is 0 Å². The fourth-order valence-electron chi connectivity index (χ4n) is 1.70. The molecule has 0 unspecified atom stereocenters. The first-order valence-electron chi connectivity index (χ1n) is 5.54. The summed E-state index contributed by atoms with van der Waals surface area (Å²) >= 11 is 5.86. The van der Waals surface area contributed by atoms with Gasteiger partial charge in [-0.05, 0) is 36.8 Å². The van der Waals surface area contributed by atoms with Gasteiger partial charge >= 0.3 is 5.97 Å². The van der Waals surface area contributed by atoms with E-state index in [2.05, 4.69) is 5.32 Å². The zero-order valence-corrected chi connectivity index (χ0v) is 10.8. The van der Waals surface area contributed by atoms with Gasteiger partial charge in [-0.1, -0.05) is 23.7 Å². The molecule has 0 aliphatic heterocycles. The van der Waals surface area contributed by atoms with Crippen LogP contribution in [-0.2, 0) is 0 Å². The summed E-state index contributed by atoms with van der Waals surface area (Å²) < 4.78 is 13.7. The van der Waals surface area contributed by atoms with Gasteiger partial charge in [-0.2, -0.15) is 0 Å². The first-order valence-corrected chi connectivity index (χ1v) is 5.92. The highest BCUT2D eigenvalue weighted by atomic mass is 35.5. The highest BCUT2D eigenvalue weighted by Gasteiger charge is 2.10. The number of nitrogens with one attached hydrogen (secondary N) is 1. The van der Waals surface area contributed by atoms with Gasteiger partial charge in [0.25, 0.3) is 0 Å². The van der Waals surface area contributed by atoms with Crippen molar-refractivity contribution in [3.05, 3.63) is 58.4 Å². The quantitative estimate of drug-likeness (QED) is 0.884. The van der Waals surface area contributed by atoms with Gasteiger partial charge in [-0.25, -0.2) is 9.18 Å². The average Bonchev–Trinajstić information content (AvgIpc) is 2.33. The number of halogens is 2. The molecule has 0 heterocycles. The number of aromatic carboxylic acids is 1. The van der Waals surface area contributed by atoms with Crippen LogP contribution in [0.15, 0.2) is 36.4 Å². The van der Waals surface area contributed by atoms with Crippen molar-refractivity contribution in [2.75, 3.05) is 5.32 Å². The van der Waals surface area contributed by atoms with Crippen LogP contribution in [0.2, 0.25) is 5.02 Å². The van der Waals surface area contributed by atoms with Crippen molar-refractivity contribution in [3.8, 4) is 0 Å².